The van der Waals surface area contributed by atoms with Gasteiger partial charge in [0.2, 0.25) is 5.91 Å². The van der Waals surface area contributed by atoms with Crippen molar-refractivity contribution in [2.45, 2.75) is 13.5 Å². The molecular formula is C22H28FN5O. The number of para-hydroxylation sites is 1. The van der Waals surface area contributed by atoms with Gasteiger partial charge in [0.15, 0.2) is 5.96 Å². The lowest BCUT2D eigenvalue weighted by Crippen LogP contribution is -2.53. The fraction of sp³-hybridized carbons (Fsp3) is 0.364. The van der Waals surface area contributed by atoms with E-state index in [-0.39, 0.29) is 18.3 Å². The molecule has 1 aliphatic heterocycles. The second-order valence-corrected chi connectivity index (χ2v) is 6.86. The summed E-state index contributed by atoms with van der Waals surface area (Å²) in [5.74, 6) is 0.404. The number of nitrogens with zero attached hydrogens (tertiary/aromatic N) is 3. The Morgan fingerprint density at radius 3 is 2.38 bits per heavy atom. The molecule has 7 heteroatoms. The molecular weight excluding hydrogens is 369 g/mol. The first-order chi connectivity index (χ1) is 14.2. The molecule has 0 saturated carbocycles. The third-order valence-electron chi connectivity index (χ3n) is 4.81. The van der Waals surface area contributed by atoms with Crippen LogP contribution in [0.1, 0.15) is 12.5 Å². The topological polar surface area (TPSA) is 60.0 Å². The van der Waals surface area contributed by atoms with Crippen LogP contribution >= 0.6 is 0 Å². The van der Waals surface area contributed by atoms with Crippen molar-refractivity contribution in [1.29, 1.82) is 0 Å². The molecule has 1 saturated heterocycles. The normalized spacial score (nSPS) is 14.6. The van der Waals surface area contributed by atoms with Crippen LogP contribution in [0.5, 0.6) is 0 Å². The largest absolute Gasteiger partial charge is 0.366 e. The van der Waals surface area contributed by atoms with E-state index < -0.39 is 0 Å². The van der Waals surface area contributed by atoms with E-state index in [9.17, 15) is 9.18 Å². The molecule has 29 heavy (non-hydrogen) atoms. The summed E-state index contributed by atoms with van der Waals surface area (Å²) in [6.45, 7) is 6.11. The molecule has 6 nitrogen and oxygen atoms in total. The van der Waals surface area contributed by atoms with E-state index in [0.717, 1.165) is 18.1 Å². The zero-order chi connectivity index (χ0) is 20.5. The van der Waals surface area contributed by atoms with Crippen molar-refractivity contribution in [2.75, 3.05) is 44.2 Å². The van der Waals surface area contributed by atoms with Gasteiger partial charge in [0, 0.05) is 39.3 Å². The molecule has 2 aromatic carbocycles. The van der Waals surface area contributed by atoms with E-state index in [2.05, 4.69) is 20.5 Å². The monoisotopic (exact) mass is 397 g/mol. The molecule has 1 heterocycles. The number of hydrogen-bond donors (Lipinski definition) is 2. The van der Waals surface area contributed by atoms with Crippen molar-refractivity contribution >= 4 is 17.6 Å². The molecule has 0 unspecified atom stereocenters. The van der Waals surface area contributed by atoms with Gasteiger partial charge in [-0.05, 0) is 24.6 Å². The van der Waals surface area contributed by atoms with Gasteiger partial charge in [0.05, 0.1) is 5.69 Å². The minimum absolute atomic E-state index is 0.0721. The van der Waals surface area contributed by atoms with E-state index in [1.807, 2.05) is 48.2 Å². The first kappa shape index (κ1) is 20.6. The quantitative estimate of drug-likeness (QED) is 0.580. The second-order valence-electron chi connectivity index (χ2n) is 6.86. The van der Waals surface area contributed by atoms with Crippen LogP contribution in [0.4, 0.5) is 10.1 Å². The van der Waals surface area contributed by atoms with Gasteiger partial charge in [-0.2, -0.15) is 0 Å². The average molecular weight is 397 g/mol. The number of carbonyl (C=O) groups is 1. The lowest BCUT2D eigenvalue weighted by molar-refractivity contribution is -0.119. The van der Waals surface area contributed by atoms with Crippen molar-refractivity contribution in [3.05, 3.63) is 66.0 Å². The number of carbonyl (C=O) groups excluding carboxylic acids is 1. The number of nitrogens with one attached hydrogen (secondary N) is 2. The molecule has 2 aromatic rings. The fourth-order valence-electron chi connectivity index (χ4n) is 3.29. The van der Waals surface area contributed by atoms with Gasteiger partial charge >= 0.3 is 0 Å². The van der Waals surface area contributed by atoms with Crippen LogP contribution in [-0.4, -0.2) is 56.0 Å². The van der Waals surface area contributed by atoms with Gasteiger partial charge in [-0.15, -0.1) is 0 Å². The number of amides is 1. The van der Waals surface area contributed by atoms with E-state index in [4.69, 9.17) is 0 Å². The van der Waals surface area contributed by atoms with Crippen LogP contribution in [0, 0.1) is 5.82 Å². The highest BCUT2D eigenvalue weighted by Gasteiger charge is 2.21. The van der Waals surface area contributed by atoms with Crippen LogP contribution < -0.4 is 15.5 Å². The molecule has 0 spiro atoms. The summed E-state index contributed by atoms with van der Waals surface area (Å²) in [4.78, 5) is 20.8. The van der Waals surface area contributed by atoms with Crippen molar-refractivity contribution in [2.24, 2.45) is 4.99 Å². The molecule has 0 aromatic heterocycles. The third kappa shape index (κ3) is 5.94. The summed E-state index contributed by atoms with van der Waals surface area (Å²) < 4.78 is 14.0. The first-order valence-electron chi connectivity index (χ1n) is 10.0. The Morgan fingerprint density at radius 1 is 1.00 bits per heavy atom. The standard InChI is InChI=1S/C22H28FN5O/c1-2-24-22(26-17-21(29)25-16-18-8-4-3-5-9-18)28-14-12-27(13-15-28)20-11-7-6-10-19(20)23/h3-11H,2,12-17H2,1H3,(H,24,26)(H,25,29). The van der Waals surface area contributed by atoms with Crippen LogP contribution in [0.2, 0.25) is 0 Å². The summed E-state index contributed by atoms with van der Waals surface area (Å²) in [6, 6.07) is 16.6. The number of hydrogen-bond acceptors (Lipinski definition) is 3. The number of aliphatic imine (C=N–C) groups is 1. The van der Waals surface area contributed by atoms with Gasteiger partial charge in [-0.25, -0.2) is 9.38 Å². The zero-order valence-corrected chi connectivity index (χ0v) is 16.8. The molecule has 3 rings (SSSR count). The molecule has 1 aliphatic rings. The van der Waals surface area contributed by atoms with Crippen LogP contribution in [-0.2, 0) is 11.3 Å². The van der Waals surface area contributed by atoms with Gasteiger partial charge in [-0.3, -0.25) is 4.79 Å². The maximum absolute atomic E-state index is 14.0. The Hall–Kier alpha value is -3.09. The first-order valence-corrected chi connectivity index (χ1v) is 10.0. The van der Waals surface area contributed by atoms with E-state index in [0.29, 0.717) is 38.4 Å². The van der Waals surface area contributed by atoms with Gasteiger partial charge in [0.1, 0.15) is 12.4 Å². The zero-order valence-electron chi connectivity index (χ0n) is 16.8. The maximum Gasteiger partial charge on any atom is 0.242 e. The fourth-order valence-corrected chi connectivity index (χ4v) is 3.29. The molecule has 0 atom stereocenters. The Bertz CT molecular complexity index is 819. The molecule has 0 bridgehead atoms. The van der Waals surface area contributed by atoms with Crippen molar-refractivity contribution < 1.29 is 9.18 Å². The molecule has 0 aliphatic carbocycles. The second kappa shape index (κ2) is 10.5. The van der Waals surface area contributed by atoms with Crippen LogP contribution in [0.15, 0.2) is 59.6 Å². The molecule has 0 radical (unpaired) electrons. The minimum atomic E-state index is -0.198. The number of rotatable bonds is 6. The maximum atomic E-state index is 14.0. The van der Waals surface area contributed by atoms with E-state index >= 15 is 0 Å². The number of halogens is 1. The SMILES string of the molecule is CCNC(=NCC(=O)NCc1ccccc1)N1CCN(c2ccccc2F)CC1. The predicted octanol–water partition coefficient (Wildman–Crippen LogP) is 2.23. The Labute approximate surface area is 171 Å². The van der Waals surface area contributed by atoms with Gasteiger partial charge < -0.3 is 20.4 Å². The predicted molar refractivity (Wildman–Crippen MR) is 114 cm³/mol. The molecule has 2 N–H and O–H groups in total. The van der Waals surface area contributed by atoms with E-state index in [1.165, 1.54) is 6.07 Å². The van der Waals surface area contributed by atoms with Crippen molar-refractivity contribution in [1.82, 2.24) is 15.5 Å². The summed E-state index contributed by atoms with van der Waals surface area (Å²) in [7, 11) is 0. The lowest BCUT2D eigenvalue weighted by atomic mass is 10.2. The minimum Gasteiger partial charge on any atom is -0.366 e. The number of guanidine groups is 1. The lowest BCUT2D eigenvalue weighted by Gasteiger charge is -2.37. The molecule has 1 amide bonds. The Kier molecular flexibility index (Phi) is 7.44. The Morgan fingerprint density at radius 2 is 1.69 bits per heavy atom. The summed E-state index contributed by atoms with van der Waals surface area (Å²) in [5.41, 5.74) is 1.69. The highest BCUT2D eigenvalue weighted by molar-refractivity contribution is 5.85. The number of benzene rings is 2. The number of piperazine rings is 1. The molecule has 154 valence electrons. The van der Waals surface area contributed by atoms with Crippen LogP contribution in [0.3, 0.4) is 0 Å². The van der Waals surface area contributed by atoms with E-state index in [1.54, 1.807) is 12.1 Å². The highest BCUT2D eigenvalue weighted by atomic mass is 19.1. The van der Waals surface area contributed by atoms with Crippen LogP contribution in [0.25, 0.3) is 0 Å². The third-order valence-corrected chi connectivity index (χ3v) is 4.81. The summed E-state index contributed by atoms with van der Waals surface area (Å²) in [6.07, 6.45) is 0. The number of anilines is 1. The molecule has 1 fully saturated rings. The Balaban J connectivity index is 1.52. The summed E-state index contributed by atoms with van der Waals surface area (Å²) >= 11 is 0. The van der Waals surface area contributed by atoms with Crippen molar-refractivity contribution in [3.63, 3.8) is 0 Å². The van der Waals surface area contributed by atoms with Gasteiger partial charge in [0.25, 0.3) is 0 Å². The average Bonchev–Trinajstić information content (AvgIpc) is 2.76. The summed E-state index contributed by atoms with van der Waals surface area (Å²) in [5, 5.41) is 6.14. The smallest absolute Gasteiger partial charge is 0.242 e. The van der Waals surface area contributed by atoms with Gasteiger partial charge in [-0.1, -0.05) is 42.5 Å². The van der Waals surface area contributed by atoms with Crippen molar-refractivity contribution in [3.8, 4) is 0 Å². The highest BCUT2D eigenvalue weighted by Crippen LogP contribution is 2.20.